The van der Waals surface area contributed by atoms with Gasteiger partial charge in [0.1, 0.15) is 5.52 Å². The summed E-state index contributed by atoms with van der Waals surface area (Å²) in [7, 11) is 0. The zero-order valence-electron chi connectivity index (χ0n) is 18.0. The van der Waals surface area contributed by atoms with E-state index in [2.05, 4.69) is 55.9 Å². The first-order valence-corrected chi connectivity index (χ1v) is 11.1. The number of nitrogens with one attached hydrogen (secondary N) is 1. The molecule has 7 heteroatoms. The van der Waals surface area contributed by atoms with E-state index in [1.54, 1.807) is 0 Å². The summed E-state index contributed by atoms with van der Waals surface area (Å²) >= 11 is 0. The molecule has 31 heavy (non-hydrogen) atoms. The van der Waals surface area contributed by atoms with Gasteiger partial charge in [-0.2, -0.15) is 0 Å². The van der Waals surface area contributed by atoms with E-state index in [1.165, 1.54) is 5.56 Å². The standard InChI is InChI=1S/C24H29N7/c1-17-7-12-27-23-21(17)29-24(28-20-8-13-30(14-9-20)15-10-25)31(23)16-19-5-2-4-18-6-3-11-26-22(18)19/h2-7,11-12,20H,8-10,13-16,25H2,1H3,(H,28,29). The van der Waals surface area contributed by atoms with Crippen molar-refractivity contribution < 1.29 is 0 Å². The van der Waals surface area contributed by atoms with E-state index in [0.29, 0.717) is 12.6 Å². The van der Waals surface area contributed by atoms with Crippen LogP contribution in [0, 0.1) is 6.92 Å². The van der Waals surface area contributed by atoms with E-state index in [-0.39, 0.29) is 0 Å². The third-order valence-corrected chi connectivity index (χ3v) is 6.25. The van der Waals surface area contributed by atoms with Crippen molar-refractivity contribution in [1.29, 1.82) is 0 Å². The molecule has 160 valence electrons. The Kier molecular flexibility index (Phi) is 5.53. The van der Waals surface area contributed by atoms with Crippen LogP contribution in [0.15, 0.2) is 48.8 Å². The number of rotatable bonds is 6. The van der Waals surface area contributed by atoms with Crippen molar-refractivity contribution in [2.45, 2.75) is 32.4 Å². The fourth-order valence-corrected chi connectivity index (χ4v) is 4.53. The summed E-state index contributed by atoms with van der Waals surface area (Å²) in [5.41, 5.74) is 10.9. The molecular formula is C24H29N7. The molecule has 5 rings (SSSR count). The molecule has 4 heterocycles. The summed E-state index contributed by atoms with van der Waals surface area (Å²) in [5.74, 6) is 0.891. The number of imidazole rings is 1. The third-order valence-electron chi connectivity index (χ3n) is 6.25. The largest absolute Gasteiger partial charge is 0.353 e. The zero-order chi connectivity index (χ0) is 21.2. The number of hydrogen-bond acceptors (Lipinski definition) is 6. The molecule has 0 saturated carbocycles. The first-order valence-electron chi connectivity index (χ1n) is 11.1. The minimum Gasteiger partial charge on any atom is -0.353 e. The van der Waals surface area contributed by atoms with Crippen molar-refractivity contribution in [1.82, 2.24) is 24.4 Å². The number of aryl methyl sites for hydroxylation is 1. The van der Waals surface area contributed by atoms with Gasteiger partial charge in [0.25, 0.3) is 0 Å². The van der Waals surface area contributed by atoms with Gasteiger partial charge >= 0.3 is 0 Å². The molecule has 1 aliphatic rings. The molecule has 1 aromatic carbocycles. The molecule has 3 N–H and O–H groups in total. The van der Waals surface area contributed by atoms with E-state index < -0.39 is 0 Å². The van der Waals surface area contributed by atoms with Crippen LogP contribution in [-0.4, -0.2) is 56.6 Å². The van der Waals surface area contributed by atoms with Crippen LogP contribution in [0.3, 0.4) is 0 Å². The van der Waals surface area contributed by atoms with Gasteiger partial charge in [-0.1, -0.05) is 24.3 Å². The monoisotopic (exact) mass is 415 g/mol. The minimum absolute atomic E-state index is 0.399. The zero-order valence-corrected chi connectivity index (χ0v) is 18.0. The summed E-state index contributed by atoms with van der Waals surface area (Å²) in [6, 6.07) is 12.9. The second kappa shape index (κ2) is 8.61. The van der Waals surface area contributed by atoms with Crippen molar-refractivity contribution in [3.8, 4) is 0 Å². The van der Waals surface area contributed by atoms with Crippen LogP contribution in [-0.2, 0) is 6.54 Å². The highest BCUT2D eigenvalue weighted by Gasteiger charge is 2.22. The fourth-order valence-electron chi connectivity index (χ4n) is 4.53. The lowest BCUT2D eigenvalue weighted by molar-refractivity contribution is 0.224. The van der Waals surface area contributed by atoms with Gasteiger partial charge in [-0.15, -0.1) is 0 Å². The van der Waals surface area contributed by atoms with E-state index in [4.69, 9.17) is 10.7 Å². The molecule has 0 spiro atoms. The van der Waals surface area contributed by atoms with Gasteiger partial charge in [-0.25, -0.2) is 9.97 Å². The Morgan fingerprint density at radius 2 is 1.87 bits per heavy atom. The molecule has 1 fully saturated rings. The lowest BCUT2D eigenvalue weighted by atomic mass is 10.1. The van der Waals surface area contributed by atoms with Crippen LogP contribution >= 0.6 is 0 Å². The Morgan fingerprint density at radius 3 is 2.71 bits per heavy atom. The molecule has 0 amide bonds. The topological polar surface area (TPSA) is 84.9 Å². The van der Waals surface area contributed by atoms with E-state index in [9.17, 15) is 0 Å². The maximum atomic E-state index is 5.72. The van der Waals surface area contributed by atoms with Crippen LogP contribution in [0.2, 0.25) is 0 Å². The molecule has 1 saturated heterocycles. The number of likely N-dealkylation sites (tertiary alicyclic amines) is 1. The second-order valence-electron chi connectivity index (χ2n) is 8.36. The summed E-state index contributed by atoms with van der Waals surface area (Å²) < 4.78 is 2.21. The summed E-state index contributed by atoms with van der Waals surface area (Å²) in [5, 5.41) is 4.88. The molecule has 0 unspecified atom stereocenters. The molecule has 0 radical (unpaired) electrons. The number of anilines is 1. The molecule has 0 aliphatic carbocycles. The van der Waals surface area contributed by atoms with Crippen molar-refractivity contribution in [3.05, 3.63) is 59.9 Å². The number of nitrogens with zero attached hydrogens (tertiary/aromatic N) is 5. The molecule has 1 aliphatic heterocycles. The van der Waals surface area contributed by atoms with Crippen LogP contribution in [0.5, 0.6) is 0 Å². The van der Waals surface area contributed by atoms with Crippen molar-refractivity contribution in [2.24, 2.45) is 5.73 Å². The Bertz CT molecular complexity index is 1190. The van der Waals surface area contributed by atoms with Crippen LogP contribution in [0.1, 0.15) is 24.0 Å². The predicted molar refractivity (Wildman–Crippen MR) is 125 cm³/mol. The summed E-state index contributed by atoms with van der Waals surface area (Å²) in [6.07, 6.45) is 5.90. The maximum Gasteiger partial charge on any atom is 0.205 e. The second-order valence-corrected chi connectivity index (χ2v) is 8.36. The minimum atomic E-state index is 0.399. The number of aromatic nitrogens is 4. The van der Waals surface area contributed by atoms with Gasteiger partial charge in [-0.3, -0.25) is 9.55 Å². The molecular weight excluding hydrogens is 386 g/mol. The first-order chi connectivity index (χ1) is 15.2. The van der Waals surface area contributed by atoms with Gasteiger partial charge in [-0.05, 0) is 43.0 Å². The maximum absolute atomic E-state index is 5.72. The van der Waals surface area contributed by atoms with Gasteiger partial charge in [0.15, 0.2) is 5.65 Å². The van der Waals surface area contributed by atoms with Crippen molar-refractivity contribution >= 4 is 28.0 Å². The van der Waals surface area contributed by atoms with Gasteiger partial charge in [0.05, 0.1) is 12.1 Å². The quantitative estimate of drug-likeness (QED) is 0.503. The average Bonchev–Trinajstić information content (AvgIpc) is 3.14. The number of benzene rings is 1. The molecule has 4 aromatic rings. The van der Waals surface area contributed by atoms with E-state index in [0.717, 1.165) is 72.6 Å². The lowest BCUT2D eigenvalue weighted by Crippen LogP contribution is -2.41. The van der Waals surface area contributed by atoms with Crippen molar-refractivity contribution in [3.63, 3.8) is 0 Å². The van der Waals surface area contributed by atoms with Crippen molar-refractivity contribution in [2.75, 3.05) is 31.5 Å². The van der Waals surface area contributed by atoms with E-state index in [1.807, 2.05) is 24.5 Å². The Labute approximate surface area is 182 Å². The summed E-state index contributed by atoms with van der Waals surface area (Å²) in [4.78, 5) is 16.7. The smallest absolute Gasteiger partial charge is 0.205 e. The highest BCUT2D eigenvalue weighted by atomic mass is 15.3. The molecule has 0 atom stereocenters. The van der Waals surface area contributed by atoms with Crippen LogP contribution in [0.4, 0.5) is 5.95 Å². The van der Waals surface area contributed by atoms with Gasteiger partial charge < -0.3 is 16.0 Å². The molecule has 3 aromatic heterocycles. The average molecular weight is 416 g/mol. The summed E-state index contributed by atoms with van der Waals surface area (Å²) in [6.45, 7) is 6.60. The SMILES string of the molecule is Cc1ccnc2c1nc(NC1CCN(CCN)CC1)n2Cc1cccc2cccnc12. The van der Waals surface area contributed by atoms with Crippen LogP contribution < -0.4 is 11.1 Å². The lowest BCUT2D eigenvalue weighted by Gasteiger charge is -2.32. The molecule has 0 bridgehead atoms. The molecule has 7 nitrogen and oxygen atoms in total. The highest BCUT2D eigenvalue weighted by molar-refractivity contribution is 5.82. The number of para-hydroxylation sites is 1. The number of piperidine rings is 1. The predicted octanol–water partition coefficient (Wildman–Crippen LogP) is 3.17. The van der Waals surface area contributed by atoms with Gasteiger partial charge in [0.2, 0.25) is 5.95 Å². The number of hydrogen-bond donors (Lipinski definition) is 2. The number of nitrogens with two attached hydrogens (primary N) is 1. The third kappa shape index (κ3) is 3.98. The Hall–Kier alpha value is -3.03. The highest BCUT2D eigenvalue weighted by Crippen LogP contribution is 2.26. The normalized spacial score (nSPS) is 15.7. The fraction of sp³-hybridized carbons (Fsp3) is 0.375. The number of fused-ring (bicyclic) bond motifs is 2. The van der Waals surface area contributed by atoms with Crippen LogP contribution in [0.25, 0.3) is 22.1 Å². The Morgan fingerprint density at radius 1 is 1.03 bits per heavy atom. The first kappa shape index (κ1) is 19.9. The number of pyridine rings is 2. The van der Waals surface area contributed by atoms with Gasteiger partial charge in [0, 0.05) is 50.0 Å². The van der Waals surface area contributed by atoms with E-state index >= 15 is 0 Å². The Balaban J connectivity index is 1.49.